The summed E-state index contributed by atoms with van der Waals surface area (Å²) in [6.45, 7) is 2.84. The molecule has 1 unspecified atom stereocenters. The lowest BCUT2D eigenvalue weighted by Crippen LogP contribution is -2.48. The van der Waals surface area contributed by atoms with Crippen LogP contribution in [0.1, 0.15) is 50.1 Å². The van der Waals surface area contributed by atoms with Crippen molar-refractivity contribution >= 4 is 33.2 Å². The summed E-state index contributed by atoms with van der Waals surface area (Å²) in [5.74, 6) is 0.309. The fraction of sp³-hybridized carbons (Fsp3) is 0.643. The maximum absolute atomic E-state index is 12.8. The normalized spacial score (nSPS) is 26.3. The minimum atomic E-state index is -0.282. The third kappa shape index (κ3) is 2.26. The van der Waals surface area contributed by atoms with Gasteiger partial charge < -0.3 is 4.90 Å². The van der Waals surface area contributed by atoms with E-state index in [-0.39, 0.29) is 11.7 Å². The van der Waals surface area contributed by atoms with Gasteiger partial charge in [-0.05, 0) is 41.8 Å². The van der Waals surface area contributed by atoms with Crippen molar-refractivity contribution in [3.8, 4) is 0 Å². The Hall–Kier alpha value is -0.390. The summed E-state index contributed by atoms with van der Waals surface area (Å²) in [5.41, 5.74) is -0.282. The largest absolute Gasteiger partial charge is 0.321 e. The number of hydrogen-bond acceptors (Lipinski definition) is 3. The Morgan fingerprint density at radius 1 is 1.47 bits per heavy atom. The Labute approximate surface area is 126 Å². The molecule has 3 nitrogen and oxygen atoms in total. The van der Waals surface area contributed by atoms with Crippen LogP contribution in [0.25, 0.3) is 0 Å². The second kappa shape index (κ2) is 5.19. The SMILES string of the molecule is CCN1C(=O)C2(CCCCC2)NC1c1cc(Br)cs1. The van der Waals surface area contributed by atoms with Gasteiger partial charge in [0.2, 0.25) is 5.91 Å². The van der Waals surface area contributed by atoms with Crippen molar-refractivity contribution in [1.29, 1.82) is 0 Å². The molecule has 1 saturated carbocycles. The van der Waals surface area contributed by atoms with Crippen LogP contribution in [0.4, 0.5) is 0 Å². The van der Waals surface area contributed by atoms with E-state index in [0.29, 0.717) is 5.91 Å². The molecule has 0 bridgehead atoms. The van der Waals surface area contributed by atoms with E-state index in [1.54, 1.807) is 11.3 Å². The Kier molecular flexibility index (Phi) is 3.71. The number of rotatable bonds is 2. The monoisotopic (exact) mass is 342 g/mol. The van der Waals surface area contributed by atoms with Gasteiger partial charge in [0.1, 0.15) is 6.17 Å². The van der Waals surface area contributed by atoms with E-state index in [2.05, 4.69) is 39.6 Å². The summed E-state index contributed by atoms with van der Waals surface area (Å²) in [6.07, 6.45) is 5.63. The van der Waals surface area contributed by atoms with Gasteiger partial charge in [-0.1, -0.05) is 19.3 Å². The van der Waals surface area contributed by atoms with Crippen LogP contribution < -0.4 is 5.32 Å². The van der Waals surface area contributed by atoms with Gasteiger partial charge in [-0.3, -0.25) is 10.1 Å². The van der Waals surface area contributed by atoms with Crippen LogP contribution in [0.5, 0.6) is 0 Å². The first-order valence-corrected chi connectivity index (χ1v) is 8.66. The van der Waals surface area contributed by atoms with Crippen molar-refractivity contribution < 1.29 is 4.79 Å². The van der Waals surface area contributed by atoms with Crippen LogP contribution in [0.3, 0.4) is 0 Å². The molecule has 1 amide bonds. The number of nitrogens with one attached hydrogen (secondary N) is 1. The Bertz CT molecular complexity index is 482. The Balaban J connectivity index is 1.91. The predicted molar refractivity (Wildman–Crippen MR) is 81.1 cm³/mol. The highest BCUT2D eigenvalue weighted by Gasteiger charge is 2.51. The van der Waals surface area contributed by atoms with Gasteiger partial charge in [-0.15, -0.1) is 11.3 Å². The molecule has 5 heteroatoms. The zero-order valence-electron chi connectivity index (χ0n) is 11.1. The van der Waals surface area contributed by atoms with Crippen molar-refractivity contribution in [2.75, 3.05) is 6.54 Å². The molecule has 1 atom stereocenters. The lowest BCUT2D eigenvalue weighted by molar-refractivity contribution is -0.134. The van der Waals surface area contributed by atoms with Gasteiger partial charge in [0, 0.05) is 21.3 Å². The molecule has 2 fully saturated rings. The first kappa shape index (κ1) is 13.6. The average molecular weight is 343 g/mol. The molecule has 0 radical (unpaired) electrons. The maximum Gasteiger partial charge on any atom is 0.244 e. The second-order valence-corrected chi connectivity index (χ2v) is 7.31. The van der Waals surface area contributed by atoms with E-state index in [1.807, 2.05) is 4.90 Å². The Morgan fingerprint density at radius 2 is 2.21 bits per heavy atom. The van der Waals surface area contributed by atoms with Crippen molar-refractivity contribution in [1.82, 2.24) is 10.2 Å². The van der Waals surface area contributed by atoms with Gasteiger partial charge in [-0.2, -0.15) is 0 Å². The highest BCUT2D eigenvalue weighted by molar-refractivity contribution is 9.10. The number of halogens is 1. The van der Waals surface area contributed by atoms with Crippen molar-refractivity contribution in [2.45, 2.75) is 50.7 Å². The van der Waals surface area contributed by atoms with Crippen LogP contribution in [-0.4, -0.2) is 22.9 Å². The molecule has 1 aromatic heterocycles. The van der Waals surface area contributed by atoms with Gasteiger partial charge >= 0.3 is 0 Å². The number of carbonyl (C=O) groups excluding carboxylic acids is 1. The van der Waals surface area contributed by atoms with Crippen molar-refractivity contribution in [3.05, 3.63) is 20.8 Å². The highest BCUT2D eigenvalue weighted by Crippen LogP contribution is 2.41. The quantitative estimate of drug-likeness (QED) is 0.889. The zero-order valence-corrected chi connectivity index (χ0v) is 13.5. The molecule has 1 aliphatic carbocycles. The molecular weight excluding hydrogens is 324 g/mol. The molecule has 3 rings (SSSR count). The molecule has 1 aliphatic heterocycles. The molecule has 0 aromatic carbocycles. The fourth-order valence-electron chi connectivity index (χ4n) is 3.33. The summed E-state index contributed by atoms with van der Waals surface area (Å²) < 4.78 is 1.10. The number of carbonyl (C=O) groups is 1. The van der Waals surface area contributed by atoms with Gasteiger partial charge in [-0.25, -0.2) is 0 Å². The molecule has 1 saturated heterocycles. The number of hydrogen-bond donors (Lipinski definition) is 1. The van der Waals surface area contributed by atoms with E-state index in [9.17, 15) is 4.79 Å². The standard InChI is InChI=1S/C14H19BrN2OS/c1-2-17-12(11-8-10(15)9-19-11)16-14(13(17)18)6-4-3-5-7-14/h8-9,12,16H,2-7H2,1H3. The van der Waals surface area contributed by atoms with E-state index in [4.69, 9.17) is 0 Å². The van der Waals surface area contributed by atoms with E-state index in [1.165, 1.54) is 11.3 Å². The summed E-state index contributed by atoms with van der Waals surface area (Å²) in [4.78, 5) is 16.0. The maximum atomic E-state index is 12.8. The van der Waals surface area contributed by atoms with E-state index in [0.717, 1.165) is 36.7 Å². The molecule has 1 N–H and O–H groups in total. The van der Waals surface area contributed by atoms with Crippen LogP contribution in [-0.2, 0) is 4.79 Å². The molecule has 19 heavy (non-hydrogen) atoms. The summed E-state index contributed by atoms with van der Waals surface area (Å²) >= 11 is 5.21. The first-order valence-electron chi connectivity index (χ1n) is 6.99. The van der Waals surface area contributed by atoms with Gasteiger partial charge in [0.15, 0.2) is 0 Å². The average Bonchev–Trinajstić information content (AvgIpc) is 2.95. The Morgan fingerprint density at radius 3 is 2.79 bits per heavy atom. The third-order valence-corrected chi connectivity index (χ3v) is 6.05. The minimum Gasteiger partial charge on any atom is -0.321 e. The number of thiophene rings is 1. The van der Waals surface area contributed by atoms with Crippen molar-refractivity contribution in [3.63, 3.8) is 0 Å². The van der Waals surface area contributed by atoms with Crippen molar-refractivity contribution in [2.24, 2.45) is 0 Å². The minimum absolute atomic E-state index is 0.0619. The van der Waals surface area contributed by atoms with Crippen LogP contribution in [0.2, 0.25) is 0 Å². The van der Waals surface area contributed by atoms with E-state index >= 15 is 0 Å². The summed E-state index contributed by atoms with van der Waals surface area (Å²) in [6, 6.07) is 2.13. The van der Waals surface area contributed by atoms with E-state index < -0.39 is 0 Å². The third-order valence-electron chi connectivity index (χ3n) is 4.30. The van der Waals surface area contributed by atoms with Crippen LogP contribution in [0.15, 0.2) is 15.9 Å². The molecule has 1 aromatic rings. The molecule has 104 valence electrons. The zero-order chi connectivity index (χ0) is 13.5. The lowest BCUT2D eigenvalue weighted by atomic mass is 9.82. The van der Waals surface area contributed by atoms with Crippen LogP contribution in [0, 0.1) is 0 Å². The van der Waals surface area contributed by atoms with Gasteiger partial charge in [0.05, 0.1) is 5.54 Å². The predicted octanol–water partition coefficient (Wildman–Crippen LogP) is 3.66. The summed E-state index contributed by atoms with van der Waals surface area (Å²) in [7, 11) is 0. The number of amides is 1. The molecule has 2 heterocycles. The van der Waals surface area contributed by atoms with Gasteiger partial charge in [0.25, 0.3) is 0 Å². The topological polar surface area (TPSA) is 32.3 Å². The molecular formula is C14H19BrN2OS. The first-order chi connectivity index (χ1) is 9.16. The number of likely N-dealkylation sites (N-methyl/N-ethyl adjacent to an activating group) is 1. The van der Waals surface area contributed by atoms with Crippen LogP contribution >= 0.6 is 27.3 Å². The second-order valence-electron chi connectivity index (χ2n) is 5.45. The lowest BCUT2D eigenvalue weighted by Gasteiger charge is -2.31. The summed E-state index contributed by atoms with van der Waals surface area (Å²) in [5, 5.41) is 5.74. The highest BCUT2D eigenvalue weighted by atomic mass is 79.9. The number of nitrogens with zero attached hydrogens (tertiary/aromatic N) is 1. The molecule has 1 spiro atoms. The fourth-order valence-corrected chi connectivity index (χ4v) is 4.83. The molecule has 2 aliphatic rings. The smallest absolute Gasteiger partial charge is 0.244 e.